The summed E-state index contributed by atoms with van der Waals surface area (Å²) in [4.78, 5) is 6.33. The highest BCUT2D eigenvalue weighted by molar-refractivity contribution is 7.98. The maximum Gasteiger partial charge on any atom is 0.197 e. The number of tetrazole rings is 1. The number of nitrogens with zero attached hydrogens (tertiary/aromatic N) is 5. The Balaban J connectivity index is 1.36. The standard InChI is InChI=1S/C16H12N8OS/c1-2-11-9(5-6-17-11)7-10(1)12-3-4-13(25-12)15-18-16(22-21-15)26-8-14-19-23-24-20-14/h1-7,17H,8H2,(H,18,21,22)(H,19,20,23,24). The van der Waals surface area contributed by atoms with Crippen molar-refractivity contribution in [2.75, 3.05) is 0 Å². The molecule has 128 valence electrons. The molecule has 4 heterocycles. The minimum atomic E-state index is 0.571. The van der Waals surface area contributed by atoms with Crippen LogP contribution in [-0.4, -0.2) is 40.8 Å². The van der Waals surface area contributed by atoms with Gasteiger partial charge in [0.1, 0.15) is 5.76 Å². The van der Waals surface area contributed by atoms with Crippen LogP contribution in [0.5, 0.6) is 0 Å². The van der Waals surface area contributed by atoms with E-state index in [1.807, 2.05) is 36.5 Å². The molecule has 0 fully saturated rings. The van der Waals surface area contributed by atoms with Gasteiger partial charge < -0.3 is 14.4 Å². The zero-order chi connectivity index (χ0) is 17.3. The summed E-state index contributed by atoms with van der Waals surface area (Å²) in [5, 5.41) is 23.7. The first-order valence-electron chi connectivity index (χ1n) is 7.81. The molecule has 1 aromatic carbocycles. The number of hydrogen-bond donors (Lipinski definition) is 3. The molecule has 0 atom stereocenters. The van der Waals surface area contributed by atoms with Crippen molar-refractivity contribution in [3.05, 3.63) is 48.4 Å². The Morgan fingerprint density at radius 3 is 2.88 bits per heavy atom. The first-order chi connectivity index (χ1) is 12.8. The summed E-state index contributed by atoms with van der Waals surface area (Å²) in [5.41, 5.74) is 2.11. The lowest BCUT2D eigenvalue weighted by molar-refractivity contribution is 0.592. The van der Waals surface area contributed by atoms with Gasteiger partial charge in [-0.15, -0.1) is 15.3 Å². The number of fused-ring (bicyclic) bond motifs is 1. The third-order valence-electron chi connectivity index (χ3n) is 3.88. The molecule has 0 spiro atoms. The minimum Gasteiger partial charge on any atom is -0.453 e. The van der Waals surface area contributed by atoms with Crippen LogP contribution in [0.1, 0.15) is 5.82 Å². The van der Waals surface area contributed by atoms with E-state index in [2.05, 4.69) is 46.9 Å². The van der Waals surface area contributed by atoms with Crippen LogP contribution in [0.2, 0.25) is 0 Å². The molecular formula is C16H12N8OS. The van der Waals surface area contributed by atoms with E-state index in [1.165, 1.54) is 11.8 Å². The van der Waals surface area contributed by atoms with Crippen molar-refractivity contribution in [2.24, 2.45) is 0 Å². The number of H-pyrrole nitrogens is 3. The quantitative estimate of drug-likeness (QED) is 0.409. The lowest BCUT2D eigenvalue weighted by Gasteiger charge is -1.97. The molecule has 0 aliphatic rings. The maximum absolute atomic E-state index is 5.95. The Kier molecular flexibility index (Phi) is 3.53. The molecule has 0 bridgehead atoms. The Labute approximate surface area is 150 Å². The van der Waals surface area contributed by atoms with Crippen molar-refractivity contribution in [3.8, 4) is 22.9 Å². The predicted molar refractivity (Wildman–Crippen MR) is 95.1 cm³/mol. The Bertz CT molecular complexity index is 1160. The summed E-state index contributed by atoms with van der Waals surface area (Å²) in [7, 11) is 0. The number of nitrogens with one attached hydrogen (secondary N) is 3. The fraction of sp³-hybridized carbons (Fsp3) is 0.0625. The molecule has 0 radical (unpaired) electrons. The molecule has 5 rings (SSSR count). The van der Waals surface area contributed by atoms with Gasteiger partial charge in [-0.25, -0.2) is 5.10 Å². The fourth-order valence-electron chi connectivity index (χ4n) is 2.63. The molecular weight excluding hydrogens is 352 g/mol. The van der Waals surface area contributed by atoms with Crippen molar-refractivity contribution >= 4 is 22.7 Å². The second-order valence-electron chi connectivity index (χ2n) is 5.56. The molecule has 0 aliphatic heterocycles. The highest BCUT2D eigenvalue weighted by Gasteiger charge is 2.12. The average molecular weight is 364 g/mol. The first-order valence-corrected chi connectivity index (χ1v) is 8.79. The summed E-state index contributed by atoms with van der Waals surface area (Å²) in [6.45, 7) is 0. The van der Waals surface area contributed by atoms with Gasteiger partial charge in [-0.3, -0.25) is 0 Å². The lowest BCUT2D eigenvalue weighted by Crippen LogP contribution is -1.85. The zero-order valence-corrected chi connectivity index (χ0v) is 14.1. The average Bonchev–Trinajstić information content (AvgIpc) is 3.47. The fourth-order valence-corrected chi connectivity index (χ4v) is 3.29. The van der Waals surface area contributed by atoms with Gasteiger partial charge in [0.05, 0.1) is 5.75 Å². The molecule has 5 aromatic rings. The number of rotatable bonds is 5. The molecule has 3 N–H and O–H groups in total. The van der Waals surface area contributed by atoms with Gasteiger partial charge in [0.2, 0.25) is 0 Å². The van der Waals surface area contributed by atoms with Crippen LogP contribution in [0, 0.1) is 0 Å². The highest BCUT2D eigenvalue weighted by atomic mass is 32.2. The van der Waals surface area contributed by atoms with E-state index >= 15 is 0 Å². The highest BCUT2D eigenvalue weighted by Crippen LogP contribution is 2.29. The van der Waals surface area contributed by atoms with Crippen LogP contribution in [0.25, 0.3) is 33.8 Å². The van der Waals surface area contributed by atoms with E-state index in [0.717, 1.165) is 22.2 Å². The van der Waals surface area contributed by atoms with Crippen LogP contribution in [0.4, 0.5) is 0 Å². The van der Waals surface area contributed by atoms with E-state index in [0.29, 0.717) is 28.3 Å². The van der Waals surface area contributed by atoms with Gasteiger partial charge in [0.25, 0.3) is 0 Å². The van der Waals surface area contributed by atoms with Gasteiger partial charge in [0, 0.05) is 22.7 Å². The van der Waals surface area contributed by atoms with Gasteiger partial charge in [-0.05, 0) is 46.8 Å². The van der Waals surface area contributed by atoms with Gasteiger partial charge in [0.15, 0.2) is 22.6 Å². The largest absolute Gasteiger partial charge is 0.453 e. The van der Waals surface area contributed by atoms with Crippen LogP contribution in [0.3, 0.4) is 0 Å². The Morgan fingerprint density at radius 1 is 1.00 bits per heavy atom. The van der Waals surface area contributed by atoms with Gasteiger partial charge in [-0.2, -0.15) is 0 Å². The minimum absolute atomic E-state index is 0.571. The second-order valence-corrected chi connectivity index (χ2v) is 6.52. The number of thioether (sulfide) groups is 1. The molecule has 26 heavy (non-hydrogen) atoms. The van der Waals surface area contributed by atoms with Crippen molar-refractivity contribution in [1.82, 2.24) is 40.8 Å². The Morgan fingerprint density at radius 2 is 1.96 bits per heavy atom. The number of furan rings is 1. The van der Waals surface area contributed by atoms with Crippen molar-refractivity contribution in [2.45, 2.75) is 10.9 Å². The molecule has 0 aliphatic carbocycles. The third-order valence-corrected chi connectivity index (χ3v) is 4.75. The molecule has 4 aromatic heterocycles. The molecule has 0 saturated carbocycles. The van der Waals surface area contributed by atoms with Crippen molar-refractivity contribution in [1.29, 1.82) is 0 Å². The number of hydrogen-bond acceptors (Lipinski definition) is 7. The van der Waals surface area contributed by atoms with Crippen molar-refractivity contribution < 1.29 is 4.42 Å². The Hall–Kier alpha value is -3.40. The summed E-state index contributed by atoms with van der Waals surface area (Å²) < 4.78 is 5.95. The molecule has 0 unspecified atom stereocenters. The number of aromatic nitrogens is 8. The molecule has 9 nitrogen and oxygen atoms in total. The van der Waals surface area contributed by atoms with Gasteiger partial charge in [-0.1, -0.05) is 11.8 Å². The third kappa shape index (κ3) is 2.75. The van der Waals surface area contributed by atoms with Crippen LogP contribution >= 0.6 is 11.8 Å². The van der Waals surface area contributed by atoms with Crippen LogP contribution in [0.15, 0.2) is 52.2 Å². The molecule has 0 amide bonds. The van der Waals surface area contributed by atoms with Crippen LogP contribution in [-0.2, 0) is 5.75 Å². The SMILES string of the molecule is c1cc2cc(-c3ccc(-c4nnc(SCc5nnn[nH]5)[nH]4)o3)ccc2[nH]1. The summed E-state index contributed by atoms with van der Waals surface area (Å²) in [6, 6.07) is 12.0. The number of benzene rings is 1. The van der Waals surface area contributed by atoms with Crippen LogP contribution < -0.4 is 0 Å². The van der Waals surface area contributed by atoms with E-state index in [1.54, 1.807) is 0 Å². The van der Waals surface area contributed by atoms with E-state index in [-0.39, 0.29) is 0 Å². The second kappa shape index (κ2) is 6.15. The zero-order valence-electron chi connectivity index (χ0n) is 13.3. The topological polar surface area (TPSA) is 125 Å². The number of aromatic amines is 3. The maximum atomic E-state index is 5.95. The van der Waals surface area contributed by atoms with E-state index in [9.17, 15) is 0 Å². The normalized spacial score (nSPS) is 11.4. The lowest BCUT2D eigenvalue weighted by atomic mass is 10.1. The summed E-state index contributed by atoms with van der Waals surface area (Å²) in [5.74, 6) is 3.24. The monoisotopic (exact) mass is 364 g/mol. The smallest absolute Gasteiger partial charge is 0.197 e. The summed E-state index contributed by atoms with van der Waals surface area (Å²) in [6.07, 6.45) is 1.92. The van der Waals surface area contributed by atoms with Crippen molar-refractivity contribution in [3.63, 3.8) is 0 Å². The molecule has 10 heteroatoms. The molecule has 0 saturated heterocycles. The predicted octanol–water partition coefficient (Wildman–Crippen LogP) is 3.02. The van der Waals surface area contributed by atoms with E-state index < -0.39 is 0 Å². The summed E-state index contributed by atoms with van der Waals surface area (Å²) >= 11 is 1.45. The van der Waals surface area contributed by atoms with E-state index in [4.69, 9.17) is 4.42 Å². The van der Waals surface area contributed by atoms with Gasteiger partial charge >= 0.3 is 0 Å². The first kappa shape index (κ1) is 14.9.